The number of phenolic OH excluding ortho intramolecular Hbond substituents is 1. The third-order valence-electron chi connectivity index (χ3n) is 3.67. The molecular formula is C18H13NO5S2. The van der Waals surface area contributed by atoms with Gasteiger partial charge >= 0.3 is 5.97 Å². The van der Waals surface area contributed by atoms with Crippen molar-refractivity contribution in [3.05, 3.63) is 58.5 Å². The number of anilines is 1. The summed E-state index contributed by atoms with van der Waals surface area (Å²) in [5.41, 5.74) is 0.872. The second-order valence-corrected chi connectivity index (χ2v) is 6.95. The van der Waals surface area contributed by atoms with Crippen LogP contribution in [-0.2, 0) is 4.79 Å². The molecule has 0 radical (unpaired) electrons. The van der Waals surface area contributed by atoms with Crippen LogP contribution in [0, 0.1) is 0 Å². The smallest absolute Gasteiger partial charge is 0.337 e. The van der Waals surface area contributed by atoms with E-state index in [9.17, 15) is 19.8 Å². The summed E-state index contributed by atoms with van der Waals surface area (Å²) in [7, 11) is 1.43. The normalized spacial score (nSPS) is 15.6. The first kappa shape index (κ1) is 18.0. The Bertz CT molecular complexity index is 954. The van der Waals surface area contributed by atoms with Gasteiger partial charge in [0.1, 0.15) is 0 Å². The van der Waals surface area contributed by atoms with Crippen LogP contribution in [0.5, 0.6) is 11.5 Å². The average Bonchev–Trinajstić information content (AvgIpc) is 2.90. The maximum absolute atomic E-state index is 12.8. The van der Waals surface area contributed by atoms with Gasteiger partial charge in [-0.1, -0.05) is 42.2 Å². The number of carbonyl (C=O) groups excluding carboxylic acids is 1. The van der Waals surface area contributed by atoms with E-state index in [2.05, 4.69) is 0 Å². The number of nitrogens with zero attached hydrogens (tertiary/aromatic N) is 1. The van der Waals surface area contributed by atoms with Crippen molar-refractivity contribution in [3.63, 3.8) is 0 Å². The van der Waals surface area contributed by atoms with Gasteiger partial charge < -0.3 is 14.9 Å². The summed E-state index contributed by atoms with van der Waals surface area (Å²) < 4.78 is 5.31. The van der Waals surface area contributed by atoms with Crippen molar-refractivity contribution in [2.75, 3.05) is 12.0 Å². The highest BCUT2D eigenvalue weighted by molar-refractivity contribution is 8.27. The zero-order chi connectivity index (χ0) is 18.8. The minimum absolute atomic E-state index is 0.00338. The van der Waals surface area contributed by atoms with Crippen molar-refractivity contribution in [2.45, 2.75) is 0 Å². The van der Waals surface area contributed by atoms with Crippen molar-refractivity contribution in [1.29, 1.82) is 0 Å². The van der Waals surface area contributed by atoms with Gasteiger partial charge in [-0.25, -0.2) is 4.79 Å². The van der Waals surface area contributed by atoms with Crippen molar-refractivity contribution >= 4 is 51.9 Å². The van der Waals surface area contributed by atoms with Crippen molar-refractivity contribution in [1.82, 2.24) is 0 Å². The van der Waals surface area contributed by atoms with E-state index in [1.807, 2.05) is 0 Å². The maximum Gasteiger partial charge on any atom is 0.337 e. The molecule has 0 bridgehead atoms. The Morgan fingerprint density at radius 2 is 2.00 bits per heavy atom. The van der Waals surface area contributed by atoms with Gasteiger partial charge in [-0.2, -0.15) is 0 Å². The zero-order valence-electron chi connectivity index (χ0n) is 13.5. The van der Waals surface area contributed by atoms with Gasteiger partial charge in [-0.15, -0.1) is 0 Å². The number of benzene rings is 2. The Balaban J connectivity index is 1.99. The number of phenols is 1. The highest BCUT2D eigenvalue weighted by atomic mass is 32.2. The number of thioether (sulfide) groups is 1. The fraction of sp³-hybridized carbons (Fsp3) is 0.0556. The number of carboxylic acids is 1. The molecule has 1 aliphatic heterocycles. The van der Waals surface area contributed by atoms with Gasteiger partial charge in [0.2, 0.25) is 0 Å². The molecule has 1 amide bonds. The number of methoxy groups -OCH3 is 1. The predicted molar refractivity (Wildman–Crippen MR) is 104 cm³/mol. The maximum atomic E-state index is 12.8. The fourth-order valence-electron chi connectivity index (χ4n) is 2.46. The fourth-order valence-corrected chi connectivity index (χ4v) is 3.75. The first-order valence-electron chi connectivity index (χ1n) is 7.39. The Morgan fingerprint density at radius 3 is 2.69 bits per heavy atom. The molecule has 2 aromatic rings. The number of hydrogen-bond acceptors (Lipinski definition) is 6. The Labute approximate surface area is 158 Å². The summed E-state index contributed by atoms with van der Waals surface area (Å²) >= 11 is 6.36. The Morgan fingerprint density at radius 1 is 1.27 bits per heavy atom. The number of para-hydroxylation sites is 1. The van der Waals surface area contributed by atoms with Crippen LogP contribution in [0.3, 0.4) is 0 Å². The minimum atomic E-state index is -1.14. The number of hydrogen-bond donors (Lipinski definition) is 2. The van der Waals surface area contributed by atoms with E-state index < -0.39 is 11.9 Å². The summed E-state index contributed by atoms with van der Waals surface area (Å²) in [6.45, 7) is 0. The lowest BCUT2D eigenvalue weighted by atomic mass is 10.1. The first-order valence-corrected chi connectivity index (χ1v) is 8.62. The van der Waals surface area contributed by atoms with Crippen LogP contribution in [0.1, 0.15) is 15.9 Å². The molecule has 1 fully saturated rings. The number of ether oxygens (including phenoxy) is 1. The lowest BCUT2D eigenvalue weighted by molar-refractivity contribution is -0.113. The standard InChI is InChI=1S/C18H13NO5S2/c1-24-14-8-10(6-7-13(14)20)9-15-16(21)19(18(25)26-15)12-5-3-2-4-11(12)17(22)23/h2-9,20H,1H3,(H,22,23)/b15-9-. The van der Waals surface area contributed by atoms with Crippen LogP contribution in [0.15, 0.2) is 47.4 Å². The van der Waals surface area contributed by atoms with E-state index in [0.717, 1.165) is 11.8 Å². The van der Waals surface area contributed by atoms with E-state index in [0.29, 0.717) is 10.5 Å². The summed E-state index contributed by atoms with van der Waals surface area (Å²) in [6.07, 6.45) is 1.62. The molecule has 0 unspecified atom stereocenters. The number of aromatic carboxylic acids is 1. The van der Waals surface area contributed by atoms with E-state index >= 15 is 0 Å². The third-order valence-corrected chi connectivity index (χ3v) is 4.97. The van der Waals surface area contributed by atoms with Crippen LogP contribution in [0.2, 0.25) is 0 Å². The quantitative estimate of drug-likeness (QED) is 0.613. The molecule has 26 heavy (non-hydrogen) atoms. The Hall–Kier alpha value is -2.84. The van der Waals surface area contributed by atoms with Gasteiger partial charge in [0.05, 0.1) is 23.3 Å². The molecule has 2 aromatic carbocycles. The molecule has 1 saturated heterocycles. The van der Waals surface area contributed by atoms with Crippen molar-refractivity contribution < 1.29 is 24.5 Å². The highest BCUT2D eigenvalue weighted by Gasteiger charge is 2.35. The summed E-state index contributed by atoms with van der Waals surface area (Å²) in [6, 6.07) is 10.9. The molecule has 1 heterocycles. The van der Waals surface area contributed by atoms with Gasteiger partial charge in [-0.3, -0.25) is 9.69 Å². The van der Waals surface area contributed by atoms with Gasteiger partial charge in [0, 0.05) is 0 Å². The molecule has 132 valence electrons. The van der Waals surface area contributed by atoms with Crippen LogP contribution < -0.4 is 9.64 Å². The van der Waals surface area contributed by atoms with Crippen molar-refractivity contribution in [2.24, 2.45) is 0 Å². The molecular weight excluding hydrogens is 374 g/mol. The van der Waals surface area contributed by atoms with Crippen molar-refractivity contribution in [3.8, 4) is 11.5 Å². The molecule has 0 spiro atoms. The lowest BCUT2D eigenvalue weighted by Gasteiger charge is -2.16. The van der Waals surface area contributed by atoms with Gasteiger partial charge in [0.15, 0.2) is 15.8 Å². The van der Waals surface area contributed by atoms with E-state index in [4.69, 9.17) is 17.0 Å². The molecule has 6 nitrogen and oxygen atoms in total. The van der Waals surface area contributed by atoms with Crippen LogP contribution in [-0.4, -0.2) is 33.5 Å². The molecule has 3 rings (SSSR count). The Kier molecular flexibility index (Phi) is 4.97. The number of amides is 1. The predicted octanol–water partition coefficient (Wildman–Crippen LogP) is 3.50. The van der Waals surface area contributed by atoms with E-state index in [1.54, 1.807) is 36.4 Å². The molecule has 8 heteroatoms. The molecule has 0 saturated carbocycles. The summed E-state index contributed by atoms with van der Waals surface area (Å²) in [4.78, 5) is 25.8. The number of aromatic hydroxyl groups is 1. The first-order chi connectivity index (χ1) is 12.4. The molecule has 0 aliphatic carbocycles. The van der Waals surface area contributed by atoms with Crippen LogP contribution in [0.25, 0.3) is 6.08 Å². The monoisotopic (exact) mass is 387 g/mol. The third kappa shape index (κ3) is 3.29. The van der Waals surface area contributed by atoms with Crippen LogP contribution >= 0.6 is 24.0 Å². The van der Waals surface area contributed by atoms with Gasteiger partial charge in [0.25, 0.3) is 5.91 Å². The van der Waals surface area contributed by atoms with E-state index in [1.165, 1.54) is 24.1 Å². The second kappa shape index (κ2) is 7.19. The molecule has 0 aromatic heterocycles. The summed E-state index contributed by atoms with van der Waals surface area (Å²) in [5.74, 6) is -1.26. The molecule has 1 aliphatic rings. The van der Waals surface area contributed by atoms with Crippen LogP contribution in [0.4, 0.5) is 5.69 Å². The molecule has 0 atom stereocenters. The highest BCUT2D eigenvalue weighted by Crippen LogP contribution is 2.38. The second-order valence-electron chi connectivity index (χ2n) is 5.27. The lowest BCUT2D eigenvalue weighted by Crippen LogP contribution is -2.29. The number of carboxylic acid groups (broad SMARTS) is 1. The molecule has 2 N–H and O–H groups in total. The van der Waals surface area contributed by atoms with E-state index in [-0.39, 0.29) is 27.1 Å². The average molecular weight is 387 g/mol. The number of thiocarbonyl (C=S) groups is 1. The zero-order valence-corrected chi connectivity index (χ0v) is 15.1. The summed E-state index contributed by atoms with van der Waals surface area (Å²) in [5, 5.41) is 19.0. The minimum Gasteiger partial charge on any atom is -0.504 e. The largest absolute Gasteiger partial charge is 0.504 e. The number of rotatable bonds is 4. The SMILES string of the molecule is COc1cc(/C=C2\SC(=S)N(c3ccccc3C(=O)O)C2=O)ccc1O. The number of carbonyl (C=O) groups is 2. The topological polar surface area (TPSA) is 87.1 Å². The van der Waals surface area contributed by atoms with Gasteiger partial charge in [-0.05, 0) is 35.9 Å².